The number of hydroxylamine groups is 2. The summed E-state index contributed by atoms with van der Waals surface area (Å²) in [7, 11) is 0. The zero-order valence-electron chi connectivity index (χ0n) is 24.6. The summed E-state index contributed by atoms with van der Waals surface area (Å²) in [6, 6.07) is 23.7. The van der Waals surface area contributed by atoms with Crippen LogP contribution >= 0.6 is 0 Å². The number of aromatic amines is 1. The maximum atomic E-state index is 13.0. The second-order valence-electron chi connectivity index (χ2n) is 13.0. The number of aromatic nitrogens is 2. The molecule has 0 radical (unpaired) electrons. The first-order chi connectivity index (χ1) is 21.2. The fourth-order valence-corrected chi connectivity index (χ4v) is 7.87. The third-order valence-corrected chi connectivity index (χ3v) is 10.4. The summed E-state index contributed by atoms with van der Waals surface area (Å²) >= 11 is 0. The Morgan fingerprint density at radius 1 is 0.860 bits per heavy atom. The quantitative estimate of drug-likeness (QED) is 0.238. The summed E-state index contributed by atoms with van der Waals surface area (Å²) < 4.78 is 6.54. The molecule has 0 spiro atoms. The van der Waals surface area contributed by atoms with Gasteiger partial charge in [0.15, 0.2) is 6.23 Å². The molecule has 4 aromatic rings. The number of likely N-dealkylation sites (tertiary alicyclic amines) is 1. The topological polar surface area (TPSA) is 70.7 Å². The van der Waals surface area contributed by atoms with Gasteiger partial charge in [-0.25, -0.2) is 9.78 Å². The van der Waals surface area contributed by atoms with E-state index in [4.69, 9.17) is 9.57 Å². The van der Waals surface area contributed by atoms with Crippen molar-refractivity contribution in [1.29, 1.82) is 0 Å². The SMILES string of the molecule is O=C(ON1CCC(C2CC(N3CCCC3c3ccccc3C3CC3)C2)CC1Oc1cnc2[nH]ccc2c1)c1ccccc1. The van der Waals surface area contributed by atoms with Crippen molar-refractivity contribution in [2.24, 2.45) is 11.8 Å². The van der Waals surface area contributed by atoms with Crippen molar-refractivity contribution in [3.63, 3.8) is 0 Å². The van der Waals surface area contributed by atoms with Gasteiger partial charge in [0, 0.05) is 36.6 Å². The van der Waals surface area contributed by atoms with E-state index in [0.717, 1.165) is 29.8 Å². The lowest BCUT2D eigenvalue weighted by Crippen LogP contribution is -2.52. The van der Waals surface area contributed by atoms with Crippen molar-refractivity contribution in [2.75, 3.05) is 13.1 Å². The molecule has 2 saturated heterocycles. The number of carbonyl (C=O) groups is 1. The van der Waals surface area contributed by atoms with Crippen molar-refractivity contribution in [1.82, 2.24) is 19.9 Å². The fraction of sp³-hybridized carbons (Fsp3) is 0.444. The van der Waals surface area contributed by atoms with Crippen molar-refractivity contribution in [3.05, 3.63) is 95.8 Å². The summed E-state index contributed by atoms with van der Waals surface area (Å²) in [4.78, 5) is 29.4. The van der Waals surface area contributed by atoms with Crippen LogP contribution in [0, 0.1) is 11.8 Å². The van der Waals surface area contributed by atoms with Gasteiger partial charge in [-0.15, -0.1) is 0 Å². The Morgan fingerprint density at radius 3 is 2.51 bits per heavy atom. The zero-order valence-corrected chi connectivity index (χ0v) is 24.6. The predicted octanol–water partition coefficient (Wildman–Crippen LogP) is 7.24. The molecule has 2 saturated carbocycles. The smallest absolute Gasteiger partial charge is 0.357 e. The van der Waals surface area contributed by atoms with Crippen LogP contribution in [0.25, 0.3) is 11.0 Å². The Hall–Kier alpha value is -3.68. The molecule has 2 aromatic carbocycles. The molecule has 7 nitrogen and oxygen atoms in total. The van der Waals surface area contributed by atoms with Crippen LogP contribution in [0.3, 0.4) is 0 Å². The lowest BCUT2D eigenvalue weighted by atomic mass is 9.68. The molecule has 2 aliphatic heterocycles. The Balaban J connectivity index is 0.954. The van der Waals surface area contributed by atoms with Crippen molar-refractivity contribution < 1.29 is 14.4 Å². The van der Waals surface area contributed by atoms with Crippen molar-refractivity contribution in [3.8, 4) is 5.75 Å². The molecule has 0 bridgehead atoms. The number of H-pyrrole nitrogens is 1. The lowest BCUT2D eigenvalue weighted by Gasteiger charge is -2.49. The second-order valence-corrected chi connectivity index (χ2v) is 13.0. The van der Waals surface area contributed by atoms with Crippen LogP contribution in [0.15, 0.2) is 79.1 Å². The minimum Gasteiger partial charge on any atom is -0.470 e. The Labute approximate surface area is 253 Å². The van der Waals surface area contributed by atoms with E-state index in [1.54, 1.807) is 34.5 Å². The molecule has 4 aliphatic rings. The number of piperidine rings is 1. The predicted molar refractivity (Wildman–Crippen MR) is 165 cm³/mol. The van der Waals surface area contributed by atoms with Crippen molar-refractivity contribution >= 4 is 17.0 Å². The summed E-state index contributed by atoms with van der Waals surface area (Å²) in [5.41, 5.74) is 4.59. The van der Waals surface area contributed by atoms with Gasteiger partial charge in [-0.1, -0.05) is 47.5 Å². The van der Waals surface area contributed by atoms with E-state index in [0.29, 0.717) is 41.8 Å². The molecule has 4 heterocycles. The van der Waals surface area contributed by atoms with E-state index in [1.165, 1.54) is 45.1 Å². The average Bonchev–Trinajstić information content (AvgIpc) is 3.57. The number of rotatable bonds is 8. The fourth-order valence-electron chi connectivity index (χ4n) is 7.87. The minimum atomic E-state index is -0.353. The molecule has 2 aromatic heterocycles. The average molecular weight is 577 g/mol. The van der Waals surface area contributed by atoms with Gasteiger partial charge in [-0.05, 0) is 105 Å². The lowest BCUT2D eigenvalue weighted by molar-refractivity contribution is -0.215. The summed E-state index contributed by atoms with van der Waals surface area (Å²) in [5.74, 6) is 2.35. The summed E-state index contributed by atoms with van der Waals surface area (Å²) in [6.45, 7) is 1.88. The Kier molecular flexibility index (Phi) is 7.16. The molecular weight excluding hydrogens is 536 g/mol. The van der Waals surface area contributed by atoms with E-state index in [9.17, 15) is 4.79 Å². The molecule has 222 valence electrons. The highest BCUT2D eigenvalue weighted by atomic mass is 16.7. The number of carbonyl (C=O) groups excluding carboxylic acids is 1. The number of pyridine rings is 1. The molecular formula is C36H40N4O3. The first-order valence-corrected chi connectivity index (χ1v) is 16.2. The molecule has 2 aliphatic carbocycles. The number of hydrogen-bond acceptors (Lipinski definition) is 6. The number of hydrogen-bond donors (Lipinski definition) is 1. The van der Waals surface area contributed by atoms with Crippen LogP contribution in [0.5, 0.6) is 5.75 Å². The highest BCUT2D eigenvalue weighted by molar-refractivity contribution is 5.89. The normalized spacial score (nSPS) is 28.0. The van der Waals surface area contributed by atoms with Gasteiger partial charge < -0.3 is 14.6 Å². The van der Waals surface area contributed by atoms with E-state index >= 15 is 0 Å². The number of benzene rings is 2. The zero-order chi connectivity index (χ0) is 28.8. The molecule has 7 heteroatoms. The van der Waals surface area contributed by atoms with Gasteiger partial charge in [0.2, 0.25) is 0 Å². The first kappa shape index (κ1) is 26.9. The molecule has 8 rings (SSSR count). The first-order valence-electron chi connectivity index (χ1n) is 16.2. The summed E-state index contributed by atoms with van der Waals surface area (Å²) in [6.07, 6.45) is 12.9. The van der Waals surface area contributed by atoms with Gasteiger partial charge in [0.25, 0.3) is 0 Å². The maximum Gasteiger partial charge on any atom is 0.357 e. The number of fused-ring (bicyclic) bond motifs is 1. The van der Waals surface area contributed by atoms with E-state index < -0.39 is 0 Å². The number of ether oxygens (including phenoxy) is 1. The van der Waals surface area contributed by atoms with Crippen LogP contribution in [-0.2, 0) is 4.84 Å². The van der Waals surface area contributed by atoms with E-state index in [1.807, 2.05) is 36.5 Å². The summed E-state index contributed by atoms with van der Waals surface area (Å²) in [5, 5.41) is 2.76. The van der Waals surface area contributed by atoms with Crippen LogP contribution in [0.2, 0.25) is 0 Å². The highest BCUT2D eigenvalue weighted by Crippen LogP contribution is 2.50. The van der Waals surface area contributed by atoms with Crippen LogP contribution in [-0.4, -0.2) is 51.3 Å². The molecule has 43 heavy (non-hydrogen) atoms. The van der Waals surface area contributed by atoms with Crippen LogP contribution in [0.1, 0.15) is 84.8 Å². The highest BCUT2D eigenvalue weighted by Gasteiger charge is 2.45. The standard InChI is InChI=1S/C36H40N4O3/c41-36(25-7-2-1-3-8-25)43-40-18-15-26(22-34(40)42-30-21-27-14-16-37-35(27)38-23-30)28-19-29(20-28)39-17-6-11-33(39)32-10-5-4-9-31(32)24-12-13-24/h1-5,7-10,14,16,21,23-24,26,28-29,33-34H,6,11-13,15,17-20,22H2,(H,37,38). The molecule has 1 N–H and O–H groups in total. The Bertz CT molecular complexity index is 1580. The largest absolute Gasteiger partial charge is 0.470 e. The van der Waals surface area contributed by atoms with Gasteiger partial charge in [-0.3, -0.25) is 4.90 Å². The van der Waals surface area contributed by atoms with E-state index in [2.05, 4.69) is 39.1 Å². The number of nitrogens with zero attached hydrogens (tertiary/aromatic N) is 3. The van der Waals surface area contributed by atoms with Crippen LogP contribution in [0.4, 0.5) is 0 Å². The Morgan fingerprint density at radius 2 is 1.67 bits per heavy atom. The molecule has 3 unspecified atom stereocenters. The van der Waals surface area contributed by atoms with Gasteiger partial charge in [-0.2, -0.15) is 0 Å². The molecule has 0 amide bonds. The minimum absolute atomic E-state index is 0.345. The van der Waals surface area contributed by atoms with Gasteiger partial charge >= 0.3 is 5.97 Å². The third kappa shape index (κ3) is 5.45. The van der Waals surface area contributed by atoms with E-state index in [-0.39, 0.29) is 12.2 Å². The second kappa shape index (κ2) is 11.4. The van der Waals surface area contributed by atoms with Gasteiger partial charge in [0.05, 0.1) is 11.8 Å². The van der Waals surface area contributed by atoms with Crippen molar-refractivity contribution in [2.45, 2.75) is 75.6 Å². The third-order valence-electron chi connectivity index (χ3n) is 10.4. The number of nitrogens with one attached hydrogen (secondary N) is 1. The monoisotopic (exact) mass is 576 g/mol. The van der Waals surface area contributed by atoms with Crippen LogP contribution < -0.4 is 4.74 Å². The maximum absolute atomic E-state index is 13.0. The molecule has 3 atom stereocenters. The molecule has 4 fully saturated rings. The van der Waals surface area contributed by atoms with Gasteiger partial charge in [0.1, 0.15) is 11.4 Å².